The number of carbonyl (C=O) groups is 1. The van der Waals surface area contributed by atoms with Crippen LogP contribution in [-0.2, 0) is 4.79 Å². The smallest absolute Gasteiger partial charge is 0.230 e. The van der Waals surface area contributed by atoms with Crippen molar-refractivity contribution in [2.75, 3.05) is 46.8 Å². The van der Waals surface area contributed by atoms with Gasteiger partial charge in [-0.3, -0.25) is 4.79 Å². The molecule has 0 aromatic carbocycles. The minimum atomic E-state index is -0.167. The number of hydrogen-bond donors (Lipinski definition) is 1. The van der Waals surface area contributed by atoms with E-state index in [2.05, 4.69) is 31.1 Å². The van der Waals surface area contributed by atoms with Gasteiger partial charge in [-0.15, -0.1) is 0 Å². The Bertz CT molecular complexity index is 323. The average molecular weight is 267 g/mol. The molecule has 110 valence electrons. The van der Waals surface area contributed by atoms with Gasteiger partial charge in [0.05, 0.1) is 5.41 Å². The minimum absolute atomic E-state index is 0.167. The van der Waals surface area contributed by atoms with Crippen LogP contribution in [0.15, 0.2) is 0 Å². The summed E-state index contributed by atoms with van der Waals surface area (Å²) in [5.41, 5.74) is -0.167. The lowest BCUT2D eigenvalue weighted by Gasteiger charge is -2.36. The number of likely N-dealkylation sites (tertiary alicyclic amines) is 1. The molecule has 2 fully saturated rings. The molecule has 4 nitrogen and oxygen atoms in total. The fourth-order valence-corrected chi connectivity index (χ4v) is 3.66. The maximum absolute atomic E-state index is 12.9. The Morgan fingerprint density at radius 1 is 1.53 bits per heavy atom. The summed E-state index contributed by atoms with van der Waals surface area (Å²) in [7, 11) is 4.15. The molecule has 2 unspecified atom stereocenters. The van der Waals surface area contributed by atoms with Crippen molar-refractivity contribution in [2.45, 2.75) is 26.7 Å². The van der Waals surface area contributed by atoms with Gasteiger partial charge in [-0.25, -0.2) is 0 Å². The highest BCUT2D eigenvalue weighted by molar-refractivity contribution is 5.83. The highest BCUT2D eigenvalue weighted by Crippen LogP contribution is 2.36. The Kier molecular flexibility index (Phi) is 4.51. The monoisotopic (exact) mass is 267 g/mol. The molecule has 0 aliphatic carbocycles. The van der Waals surface area contributed by atoms with E-state index in [0.717, 1.165) is 32.6 Å². The van der Waals surface area contributed by atoms with E-state index in [4.69, 9.17) is 0 Å². The number of nitrogens with zero attached hydrogens (tertiary/aromatic N) is 2. The van der Waals surface area contributed by atoms with Crippen molar-refractivity contribution in [2.24, 2.45) is 17.3 Å². The zero-order chi connectivity index (χ0) is 14.0. The average Bonchev–Trinajstić information content (AvgIpc) is 2.98. The van der Waals surface area contributed by atoms with Crippen molar-refractivity contribution in [1.82, 2.24) is 15.1 Å². The van der Waals surface area contributed by atoms with E-state index in [1.807, 2.05) is 11.9 Å². The second-order valence-electron chi connectivity index (χ2n) is 6.84. The number of hydrogen-bond acceptors (Lipinski definition) is 3. The molecule has 2 aliphatic heterocycles. The molecular weight excluding hydrogens is 238 g/mol. The van der Waals surface area contributed by atoms with Crippen molar-refractivity contribution in [1.29, 1.82) is 0 Å². The first-order valence-electron chi connectivity index (χ1n) is 7.60. The van der Waals surface area contributed by atoms with Crippen LogP contribution in [0.1, 0.15) is 26.7 Å². The third-order valence-electron chi connectivity index (χ3n) is 5.09. The molecule has 1 amide bonds. The molecule has 0 saturated carbocycles. The molecule has 0 spiro atoms. The van der Waals surface area contributed by atoms with Crippen molar-refractivity contribution < 1.29 is 4.79 Å². The van der Waals surface area contributed by atoms with E-state index in [-0.39, 0.29) is 5.41 Å². The number of nitrogens with one attached hydrogen (secondary N) is 1. The van der Waals surface area contributed by atoms with Gasteiger partial charge in [0.15, 0.2) is 0 Å². The molecule has 1 N–H and O–H groups in total. The van der Waals surface area contributed by atoms with Gasteiger partial charge in [0.25, 0.3) is 0 Å². The SMILES string of the molecule is CC(C)C1(C(=O)N(C)CC2CCN(C)C2)CCNC1. The predicted octanol–water partition coefficient (Wildman–Crippen LogP) is 1.03. The molecule has 2 aliphatic rings. The van der Waals surface area contributed by atoms with E-state index in [0.29, 0.717) is 17.7 Å². The first kappa shape index (κ1) is 14.8. The van der Waals surface area contributed by atoms with Crippen molar-refractivity contribution in [3.8, 4) is 0 Å². The molecule has 2 atom stereocenters. The maximum atomic E-state index is 12.9. The first-order chi connectivity index (χ1) is 8.95. The number of carbonyl (C=O) groups excluding carboxylic acids is 1. The zero-order valence-electron chi connectivity index (χ0n) is 12.9. The molecule has 0 radical (unpaired) electrons. The van der Waals surface area contributed by atoms with Crippen LogP contribution in [0.5, 0.6) is 0 Å². The van der Waals surface area contributed by atoms with E-state index in [9.17, 15) is 4.79 Å². The summed E-state index contributed by atoms with van der Waals surface area (Å²) in [6.45, 7) is 9.40. The standard InChI is InChI=1S/C15H29N3O/c1-12(2)15(6-7-16-11-15)14(19)18(4)10-13-5-8-17(3)9-13/h12-13,16H,5-11H2,1-4H3. The summed E-state index contributed by atoms with van der Waals surface area (Å²) in [6, 6.07) is 0. The van der Waals surface area contributed by atoms with Gasteiger partial charge in [-0.05, 0) is 44.8 Å². The molecule has 2 heterocycles. The first-order valence-corrected chi connectivity index (χ1v) is 7.60. The van der Waals surface area contributed by atoms with Crippen LogP contribution in [0.25, 0.3) is 0 Å². The van der Waals surface area contributed by atoms with Gasteiger partial charge in [-0.2, -0.15) is 0 Å². The summed E-state index contributed by atoms with van der Waals surface area (Å²) >= 11 is 0. The lowest BCUT2D eigenvalue weighted by atomic mass is 9.75. The lowest BCUT2D eigenvalue weighted by Crippen LogP contribution is -2.48. The fraction of sp³-hybridized carbons (Fsp3) is 0.933. The van der Waals surface area contributed by atoms with Crippen LogP contribution in [-0.4, -0.2) is 62.5 Å². The Balaban J connectivity index is 1.97. The summed E-state index contributed by atoms with van der Waals surface area (Å²) in [5.74, 6) is 1.41. The van der Waals surface area contributed by atoms with Crippen molar-refractivity contribution >= 4 is 5.91 Å². The molecule has 2 rings (SSSR count). The third-order valence-corrected chi connectivity index (χ3v) is 5.09. The Hall–Kier alpha value is -0.610. The van der Waals surface area contributed by atoms with Crippen LogP contribution in [0.4, 0.5) is 0 Å². The summed E-state index contributed by atoms with van der Waals surface area (Å²) < 4.78 is 0. The van der Waals surface area contributed by atoms with Gasteiger partial charge in [-0.1, -0.05) is 13.8 Å². The third kappa shape index (κ3) is 2.95. The molecule has 2 saturated heterocycles. The molecule has 4 heteroatoms. The largest absolute Gasteiger partial charge is 0.345 e. The van der Waals surface area contributed by atoms with Crippen molar-refractivity contribution in [3.05, 3.63) is 0 Å². The molecule has 0 aromatic rings. The topological polar surface area (TPSA) is 35.6 Å². The Labute approximate surface area is 117 Å². The van der Waals surface area contributed by atoms with Gasteiger partial charge < -0.3 is 15.1 Å². The molecular formula is C15H29N3O. The van der Waals surface area contributed by atoms with Crippen LogP contribution >= 0.6 is 0 Å². The number of rotatable bonds is 4. The van der Waals surface area contributed by atoms with Crippen LogP contribution in [0.2, 0.25) is 0 Å². The van der Waals surface area contributed by atoms with Crippen molar-refractivity contribution in [3.63, 3.8) is 0 Å². The minimum Gasteiger partial charge on any atom is -0.345 e. The van der Waals surface area contributed by atoms with E-state index in [1.165, 1.54) is 13.0 Å². The van der Waals surface area contributed by atoms with Gasteiger partial charge >= 0.3 is 0 Å². The van der Waals surface area contributed by atoms with Crippen LogP contribution in [0.3, 0.4) is 0 Å². The van der Waals surface area contributed by atoms with Crippen LogP contribution < -0.4 is 5.32 Å². The maximum Gasteiger partial charge on any atom is 0.230 e. The summed E-state index contributed by atoms with van der Waals surface area (Å²) in [6.07, 6.45) is 2.21. The van der Waals surface area contributed by atoms with Gasteiger partial charge in [0.1, 0.15) is 0 Å². The zero-order valence-corrected chi connectivity index (χ0v) is 12.9. The summed E-state index contributed by atoms with van der Waals surface area (Å²) in [4.78, 5) is 17.2. The highest BCUT2D eigenvalue weighted by atomic mass is 16.2. The van der Waals surface area contributed by atoms with E-state index >= 15 is 0 Å². The fourth-order valence-electron chi connectivity index (χ4n) is 3.66. The molecule has 0 aromatic heterocycles. The van der Waals surface area contributed by atoms with Gasteiger partial charge in [0, 0.05) is 26.7 Å². The lowest BCUT2D eigenvalue weighted by molar-refractivity contribution is -0.142. The van der Waals surface area contributed by atoms with Gasteiger partial charge in [0.2, 0.25) is 5.91 Å². The normalized spacial score (nSPS) is 32.2. The summed E-state index contributed by atoms with van der Waals surface area (Å²) in [5, 5.41) is 3.38. The predicted molar refractivity (Wildman–Crippen MR) is 78.0 cm³/mol. The second-order valence-corrected chi connectivity index (χ2v) is 6.84. The number of amides is 1. The Morgan fingerprint density at radius 3 is 2.74 bits per heavy atom. The second kappa shape index (κ2) is 5.80. The van der Waals surface area contributed by atoms with Crippen LogP contribution in [0, 0.1) is 17.3 Å². The van der Waals surface area contributed by atoms with E-state index < -0.39 is 0 Å². The molecule has 19 heavy (non-hydrogen) atoms. The quantitative estimate of drug-likeness (QED) is 0.826. The Morgan fingerprint density at radius 2 is 2.26 bits per heavy atom. The van der Waals surface area contributed by atoms with E-state index in [1.54, 1.807) is 0 Å². The highest BCUT2D eigenvalue weighted by Gasteiger charge is 2.45. The molecule has 0 bridgehead atoms.